The summed E-state index contributed by atoms with van der Waals surface area (Å²) in [5, 5.41) is 52.3. The molecule has 0 saturated heterocycles. The number of hydrogen-bond acceptors (Lipinski definition) is 8. The Hall–Kier alpha value is -12.5. The van der Waals surface area contributed by atoms with Gasteiger partial charge in [-0.05, 0) is 194 Å². The van der Waals surface area contributed by atoms with Crippen LogP contribution in [0, 0.1) is 74.3 Å². The van der Waals surface area contributed by atoms with Crippen LogP contribution in [0.3, 0.4) is 0 Å². The molecule has 0 radical (unpaired) electrons. The Morgan fingerprint density at radius 2 is 0.848 bits per heavy atom. The molecular weight excluding hydrogens is 1130 g/mol. The fraction of sp³-hybridized carbons (Fsp3) is 0.182. The van der Waals surface area contributed by atoms with E-state index in [9.17, 15) is 0 Å². The van der Waals surface area contributed by atoms with E-state index < -0.39 is 0 Å². The summed E-state index contributed by atoms with van der Waals surface area (Å²) < 4.78 is 12.9. The lowest BCUT2D eigenvalue weighted by atomic mass is 9.96. The van der Waals surface area contributed by atoms with Crippen LogP contribution in [0.25, 0.3) is 0 Å². The standard InChI is InChI=1S/C14H13N3.C14H12N2.C13H11N3.C13H12N2.C12H10N2.C11H8N3/c15-8-11-4-6-12(7-5-11)14-3-1-2-13-9-16-10-17(13)14;15-10-11-3-5-12(6-4-11)14-8-7-13-2-1-9-16(13)14;14-7-10-1-3-11(4-2-10)13-6-5-12-8-15-9-16(12)13;1-11(15-8-2-3-9-15)13-6-4-12(10-14)5-7-13;13-9-11-3-5-12(6-4-11)10-14-7-1-2-8-14;12-7-10-1-3-11(4-2-10)8-14-6-5-13-9-14/h4-7,9-10,14H,1-3H2;1-6,9,14H,7-8H2;1-4,8-9,13H,5-6H2;2-9,11H,1H3;1-8H,10H2;1-6H,8H2/q;;;;;+1/t2*14-;13-;11-;;/m0000../s1. The largest absolute Gasteiger partial charge is 0.382 e. The van der Waals surface area contributed by atoms with Gasteiger partial charge in [-0.1, -0.05) is 72.8 Å². The number of benzene rings is 6. The van der Waals surface area contributed by atoms with Crippen LogP contribution in [0.15, 0.2) is 250 Å². The quantitative estimate of drug-likeness (QED) is 0.134. The second kappa shape index (κ2) is 31.5. The Morgan fingerprint density at radius 3 is 1.32 bits per heavy atom. The Labute approximate surface area is 537 Å². The van der Waals surface area contributed by atoms with Crippen molar-refractivity contribution >= 4 is 0 Å². The average Bonchev–Trinajstić information content (AvgIpc) is 3.21. The molecular formula is C77H66N15+. The van der Waals surface area contributed by atoms with Crippen molar-refractivity contribution in [1.29, 1.82) is 31.6 Å². The smallest absolute Gasteiger partial charge is 0.350 e. The molecule has 92 heavy (non-hydrogen) atoms. The molecule has 15 heteroatoms. The summed E-state index contributed by atoms with van der Waals surface area (Å²) in [4.78, 5) is 12.2. The molecule has 3 aliphatic rings. The van der Waals surface area contributed by atoms with Crippen molar-refractivity contribution < 1.29 is 4.98 Å². The SMILES string of the molecule is C[C@@H](c1ccc(C#N)cc1)n1cccc1.N#Cc1ccc(Cn2c#[n+]cc2)cc1.N#Cc1ccc(Cn2cccc2)cc1.N#Cc1ccc([C@@H]2CCCc3cncn32)cc1.N#Cc1ccc([C@@H]2CCc3cccn32)cc1.N#Cc1ccc([C@@H]2CCc3cncn32)cc1. The van der Waals surface area contributed by atoms with Crippen molar-refractivity contribution in [2.24, 2.45) is 0 Å². The molecule has 6 aromatic heterocycles. The van der Waals surface area contributed by atoms with Crippen LogP contribution in [0.2, 0.25) is 0 Å². The normalized spacial score (nSPS) is 14.5. The summed E-state index contributed by atoms with van der Waals surface area (Å²) in [5.74, 6) is 0. The van der Waals surface area contributed by atoms with E-state index >= 15 is 0 Å². The third kappa shape index (κ3) is 16.4. The van der Waals surface area contributed by atoms with E-state index in [0.29, 0.717) is 46.4 Å². The van der Waals surface area contributed by atoms with Gasteiger partial charge in [0.1, 0.15) is 6.54 Å². The van der Waals surface area contributed by atoms with Gasteiger partial charge in [0.25, 0.3) is 0 Å². The zero-order valence-electron chi connectivity index (χ0n) is 51.1. The van der Waals surface area contributed by atoms with E-state index in [1.54, 1.807) is 6.20 Å². The summed E-state index contributed by atoms with van der Waals surface area (Å²) in [6.45, 7) is 3.74. The number of fused-ring (bicyclic) bond motifs is 3. The highest BCUT2D eigenvalue weighted by atomic mass is 15.1. The van der Waals surface area contributed by atoms with Gasteiger partial charge in [0.2, 0.25) is 6.20 Å². The highest BCUT2D eigenvalue weighted by Crippen LogP contribution is 2.34. The Balaban J connectivity index is 0.000000121. The third-order valence-electron chi connectivity index (χ3n) is 16.6. The molecule has 12 aromatic rings. The van der Waals surface area contributed by atoms with Gasteiger partial charge in [-0.2, -0.15) is 41.1 Å². The van der Waals surface area contributed by atoms with E-state index in [1.807, 2.05) is 206 Å². The second-order valence-electron chi connectivity index (χ2n) is 22.4. The number of hydrogen-bond donors (Lipinski definition) is 0. The van der Waals surface area contributed by atoms with Crippen molar-refractivity contribution in [2.45, 2.75) is 89.1 Å². The highest BCUT2D eigenvalue weighted by molar-refractivity contribution is 5.38. The highest BCUT2D eigenvalue weighted by Gasteiger charge is 2.24. The van der Waals surface area contributed by atoms with Crippen LogP contribution in [-0.2, 0) is 32.4 Å². The lowest BCUT2D eigenvalue weighted by molar-refractivity contribution is -0.292. The first-order valence-corrected chi connectivity index (χ1v) is 30.5. The molecule has 6 aromatic carbocycles. The van der Waals surface area contributed by atoms with Crippen LogP contribution in [0.1, 0.15) is 141 Å². The van der Waals surface area contributed by atoms with Crippen molar-refractivity contribution in [3.63, 3.8) is 0 Å². The molecule has 0 amide bonds. The number of aryl methyl sites for hydroxylation is 3. The van der Waals surface area contributed by atoms with E-state index in [4.69, 9.17) is 31.6 Å². The van der Waals surface area contributed by atoms with Gasteiger partial charge in [-0.15, -0.1) is 0 Å². The lowest BCUT2D eigenvalue weighted by Crippen LogP contribution is -2.17. The first-order valence-electron chi connectivity index (χ1n) is 30.5. The average molecular weight is 1200 g/mol. The van der Waals surface area contributed by atoms with Crippen LogP contribution >= 0.6 is 0 Å². The maximum Gasteiger partial charge on any atom is 0.382 e. The molecule has 0 saturated carbocycles. The fourth-order valence-corrected chi connectivity index (χ4v) is 11.6. The molecule has 0 fully saturated rings. The zero-order chi connectivity index (χ0) is 63.9. The first-order chi connectivity index (χ1) is 45.2. The van der Waals surface area contributed by atoms with E-state index in [-0.39, 0.29) is 0 Å². The zero-order valence-corrected chi connectivity index (χ0v) is 51.1. The lowest BCUT2D eigenvalue weighted by Gasteiger charge is -2.25. The van der Waals surface area contributed by atoms with E-state index in [1.165, 1.54) is 57.7 Å². The molecule has 15 nitrogen and oxygen atoms in total. The second-order valence-corrected chi connectivity index (χ2v) is 22.4. The van der Waals surface area contributed by atoms with Gasteiger partial charge in [-0.3, -0.25) is 0 Å². The van der Waals surface area contributed by atoms with Gasteiger partial charge in [0.15, 0.2) is 6.20 Å². The Kier molecular flexibility index (Phi) is 21.4. The Morgan fingerprint density at radius 1 is 0.435 bits per heavy atom. The van der Waals surface area contributed by atoms with Gasteiger partial charge in [0, 0.05) is 67.0 Å². The third-order valence-corrected chi connectivity index (χ3v) is 16.6. The van der Waals surface area contributed by atoms with E-state index in [0.717, 1.165) is 61.9 Å². The summed E-state index contributed by atoms with van der Waals surface area (Å²) in [6.07, 6.45) is 32.4. The predicted octanol–water partition coefficient (Wildman–Crippen LogP) is 14.1. The monoisotopic (exact) mass is 1200 g/mol. The van der Waals surface area contributed by atoms with Crippen molar-refractivity contribution in [2.75, 3.05) is 0 Å². The van der Waals surface area contributed by atoms with Crippen molar-refractivity contribution in [3.8, 4) is 36.4 Å². The van der Waals surface area contributed by atoms with Gasteiger partial charge < -0.3 is 22.8 Å². The molecule has 3 aliphatic heterocycles. The topological polar surface area (TPSA) is 212 Å². The van der Waals surface area contributed by atoms with Crippen LogP contribution < -0.4 is 4.98 Å². The maximum atomic E-state index is 8.80. The van der Waals surface area contributed by atoms with E-state index in [2.05, 4.69) is 130 Å². The number of nitrogens with zero attached hydrogens (tertiary/aromatic N) is 15. The number of nitriles is 6. The molecule has 448 valence electrons. The fourth-order valence-electron chi connectivity index (χ4n) is 11.6. The summed E-state index contributed by atoms with van der Waals surface area (Å²) >= 11 is 0. The van der Waals surface area contributed by atoms with Gasteiger partial charge in [-0.25, -0.2) is 9.97 Å². The minimum atomic E-state index is 0.313. The molecule has 0 unspecified atom stereocenters. The van der Waals surface area contributed by atoms with Crippen molar-refractivity contribution in [3.05, 3.63) is 341 Å². The predicted molar refractivity (Wildman–Crippen MR) is 350 cm³/mol. The molecule has 0 aliphatic carbocycles. The molecule has 15 rings (SSSR count). The molecule has 4 atom stereocenters. The van der Waals surface area contributed by atoms with Gasteiger partial charge in [0.05, 0.1) is 107 Å². The maximum absolute atomic E-state index is 8.80. The summed E-state index contributed by atoms with van der Waals surface area (Å²) in [7, 11) is 0. The molecule has 0 N–H and O–H groups in total. The molecule has 9 heterocycles. The molecule has 0 bridgehead atoms. The Bertz CT molecular complexity index is 4300. The van der Waals surface area contributed by atoms with Crippen molar-refractivity contribution in [1.82, 2.24) is 37.4 Å². The number of rotatable bonds is 9. The number of aromatic nitrogens is 9. The summed E-state index contributed by atoms with van der Waals surface area (Å²) in [5.41, 5.74) is 15.7. The molecule has 0 spiro atoms. The minimum Gasteiger partial charge on any atom is -0.350 e. The van der Waals surface area contributed by atoms with Crippen LogP contribution in [0.5, 0.6) is 0 Å². The first kappa shape index (κ1) is 62.6. The van der Waals surface area contributed by atoms with Crippen LogP contribution in [-0.4, -0.2) is 37.4 Å². The van der Waals surface area contributed by atoms with Crippen LogP contribution in [0.4, 0.5) is 0 Å². The van der Waals surface area contributed by atoms with Gasteiger partial charge >= 0.3 is 6.33 Å². The summed E-state index contributed by atoms with van der Waals surface area (Å²) in [6, 6.07) is 73.2. The number of imidazole rings is 2. The minimum absolute atomic E-state index is 0.313.